The Hall–Kier alpha value is -0.650. The molecule has 0 aliphatic carbocycles. The third-order valence-electron chi connectivity index (χ3n) is 1.87. The predicted molar refractivity (Wildman–Crippen MR) is 65.7 cm³/mol. The quantitative estimate of drug-likeness (QED) is 0.822. The lowest BCUT2D eigenvalue weighted by Gasteiger charge is -2.13. The molecule has 0 spiro atoms. The van der Waals surface area contributed by atoms with E-state index in [2.05, 4.69) is 27.2 Å². The van der Waals surface area contributed by atoms with Crippen molar-refractivity contribution in [1.82, 2.24) is 0 Å². The lowest BCUT2D eigenvalue weighted by atomic mass is 10.2. The minimum absolute atomic E-state index is 0.0294. The van der Waals surface area contributed by atoms with Crippen LogP contribution in [0, 0.1) is 12.3 Å². The van der Waals surface area contributed by atoms with Crippen molar-refractivity contribution < 1.29 is 0 Å². The molecule has 3 heteroatoms. The summed E-state index contributed by atoms with van der Waals surface area (Å²) in [5.74, 6) is 2.66. The van der Waals surface area contributed by atoms with Gasteiger partial charge in [0.05, 0.1) is 16.8 Å². The molecule has 0 fully saturated rings. The first kappa shape index (κ1) is 11.4. The van der Waals surface area contributed by atoms with Crippen molar-refractivity contribution in [3.8, 4) is 12.3 Å². The molecule has 0 saturated carbocycles. The van der Waals surface area contributed by atoms with E-state index in [1.807, 2.05) is 25.1 Å². The molecule has 0 aromatic heterocycles. The summed E-state index contributed by atoms with van der Waals surface area (Å²) >= 11 is 9.38. The van der Waals surface area contributed by atoms with Crippen molar-refractivity contribution in [3.63, 3.8) is 0 Å². The summed E-state index contributed by atoms with van der Waals surface area (Å²) in [5.41, 5.74) is 0.867. The molecule has 74 valence electrons. The van der Waals surface area contributed by atoms with Crippen LogP contribution < -0.4 is 5.32 Å². The van der Waals surface area contributed by atoms with Crippen molar-refractivity contribution >= 4 is 33.2 Å². The Labute approximate surface area is 98.0 Å². The van der Waals surface area contributed by atoms with Crippen molar-refractivity contribution in [2.45, 2.75) is 19.4 Å². The van der Waals surface area contributed by atoms with Crippen LogP contribution in [0.25, 0.3) is 0 Å². The van der Waals surface area contributed by atoms with E-state index in [4.69, 9.17) is 18.0 Å². The monoisotopic (exact) mass is 271 g/mol. The summed E-state index contributed by atoms with van der Waals surface area (Å²) in [6.07, 6.45) is 6.23. The molecule has 1 unspecified atom stereocenters. The maximum Gasteiger partial charge on any atom is 0.0872 e. The predicted octanol–water partition coefficient (Wildman–Crippen LogP) is 3.93. The highest BCUT2D eigenvalue weighted by atomic mass is 79.9. The van der Waals surface area contributed by atoms with E-state index in [1.165, 1.54) is 0 Å². The molecule has 0 aliphatic heterocycles. The minimum atomic E-state index is 0.0294. The number of nitrogens with one attached hydrogen (secondary N) is 1. The molecule has 1 nitrogen and oxygen atoms in total. The van der Waals surface area contributed by atoms with Gasteiger partial charge < -0.3 is 5.32 Å². The Balaban J connectivity index is 2.86. The summed E-state index contributed by atoms with van der Waals surface area (Å²) < 4.78 is 0.983. The van der Waals surface area contributed by atoms with Gasteiger partial charge >= 0.3 is 0 Å². The van der Waals surface area contributed by atoms with Crippen molar-refractivity contribution in [3.05, 3.63) is 27.7 Å². The molecule has 0 saturated heterocycles. The molecule has 1 aromatic carbocycles. The number of hydrogen-bond acceptors (Lipinski definition) is 1. The fraction of sp³-hybridized carbons (Fsp3) is 0.273. The first-order chi connectivity index (χ1) is 6.67. The Morgan fingerprint density at radius 1 is 1.64 bits per heavy atom. The average molecular weight is 273 g/mol. The second-order valence-corrected chi connectivity index (χ2v) is 4.22. The second-order valence-electron chi connectivity index (χ2n) is 2.90. The van der Waals surface area contributed by atoms with Gasteiger partial charge in [-0.05, 0) is 24.6 Å². The maximum atomic E-state index is 6.00. The van der Waals surface area contributed by atoms with Gasteiger partial charge in [-0.25, -0.2) is 0 Å². The van der Waals surface area contributed by atoms with E-state index in [0.29, 0.717) is 5.02 Å². The van der Waals surface area contributed by atoms with Gasteiger partial charge in [0, 0.05) is 4.47 Å². The number of hydrogen-bond donors (Lipinski definition) is 1. The molecule has 0 bridgehead atoms. The van der Waals surface area contributed by atoms with Crippen LogP contribution in [-0.4, -0.2) is 6.04 Å². The minimum Gasteiger partial charge on any atom is -0.370 e. The summed E-state index contributed by atoms with van der Waals surface area (Å²) in [5, 5.41) is 3.87. The van der Waals surface area contributed by atoms with E-state index in [9.17, 15) is 0 Å². The van der Waals surface area contributed by atoms with Crippen LogP contribution in [0.4, 0.5) is 5.69 Å². The Morgan fingerprint density at radius 3 is 2.93 bits per heavy atom. The van der Waals surface area contributed by atoms with Crippen LogP contribution in [0.2, 0.25) is 5.02 Å². The molecule has 0 radical (unpaired) electrons. The number of anilines is 1. The van der Waals surface area contributed by atoms with Crippen molar-refractivity contribution in [2.75, 3.05) is 5.32 Å². The Kier molecular flexibility index (Phi) is 4.31. The molecule has 1 N–H and O–H groups in total. The zero-order valence-corrected chi connectivity index (χ0v) is 10.2. The van der Waals surface area contributed by atoms with E-state index in [0.717, 1.165) is 16.6 Å². The Morgan fingerprint density at radius 2 is 2.36 bits per heavy atom. The van der Waals surface area contributed by atoms with E-state index >= 15 is 0 Å². The first-order valence-corrected chi connectivity index (χ1v) is 5.52. The van der Waals surface area contributed by atoms with Crippen LogP contribution in [0.5, 0.6) is 0 Å². The van der Waals surface area contributed by atoms with E-state index < -0.39 is 0 Å². The van der Waals surface area contributed by atoms with Gasteiger partial charge in [-0.15, -0.1) is 6.42 Å². The van der Waals surface area contributed by atoms with Crippen LogP contribution >= 0.6 is 27.5 Å². The van der Waals surface area contributed by atoms with Gasteiger partial charge in [-0.2, -0.15) is 0 Å². The highest BCUT2D eigenvalue weighted by Gasteiger charge is 2.05. The third kappa shape index (κ3) is 2.94. The fourth-order valence-corrected chi connectivity index (χ4v) is 1.59. The van der Waals surface area contributed by atoms with Crippen LogP contribution in [-0.2, 0) is 0 Å². The molecule has 14 heavy (non-hydrogen) atoms. The first-order valence-electron chi connectivity index (χ1n) is 4.35. The summed E-state index contributed by atoms with van der Waals surface area (Å²) in [7, 11) is 0. The smallest absolute Gasteiger partial charge is 0.0872 e. The molecule has 0 aliphatic rings. The van der Waals surface area contributed by atoms with Gasteiger partial charge in [-0.3, -0.25) is 0 Å². The Bertz CT molecular complexity index is 357. The van der Waals surface area contributed by atoms with Crippen LogP contribution in [0.3, 0.4) is 0 Å². The van der Waals surface area contributed by atoms with Gasteiger partial charge in [0.25, 0.3) is 0 Å². The summed E-state index contributed by atoms with van der Waals surface area (Å²) in [6.45, 7) is 2.03. The van der Waals surface area contributed by atoms with Gasteiger partial charge in [0.1, 0.15) is 0 Å². The zero-order valence-electron chi connectivity index (χ0n) is 7.85. The molecular weight excluding hydrogens is 261 g/mol. The summed E-state index contributed by atoms with van der Waals surface area (Å²) in [6, 6.07) is 5.67. The van der Waals surface area contributed by atoms with E-state index in [1.54, 1.807) is 0 Å². The standard InChI is InChI=1S/C11H11BrClN/c1-3-9(4-2)14-11-7-8(12)5-6-10(11)13/h1,5-7,9,14H,4H2,2H3. The SMILES string of the molecule is C#CC(CC)Nc1cc(Br)ccc1Cl. The topological polar surface area (TPSA) is 12.0 Å². The molecule has 0 heterocycles. The van der Waals surface area contributed by atoms with Gasteiger partial charge in [0.2, 0.25) is 0 Å². The number of rotatable bonds is 3. The fourth-order valence-electron chi connectivity index (χ4n) is 1.06. The lowest BCUT2D eigenvalue weighted by molar-refractivity contribution is 0.858. The van der Waals surface area contributed by atoms with Crippen molar-refractivity contribution in [2.24, 2.45) is 0 Å². The molecular formula is C11H11BrClN. The molecule has 0 amide bonds. The summed E-state index contributed by atoms with van der Waals surface area (Å²) in [4.78, 5) is 0. The third-order valence-corrected chi connectivity index (χ3v) is 2.69. The van der Waals surface area contributed by atoms with Gasteiger partial charge in [0.15, 0.2) is 0 Å². The lowest BCUT2D eigenvalue weighted by Crippen LogP contribution is -2.15. The highest BCUT2D eigenvalue weighted by molar-refractivity contribution is 9.10. The molecule has 1 atom stereocenters. The largest absolute Gasteiger partial charge is 0.370 e. The van der Waals surface area contributed by atoms with Gasteiger partial charge in [-0.1, -0.05) is 40.4 Å². The van der Waals surface area contributed by atoms with Crippen LogP contribution in [0.1, 0.15) is 13.3 Å². The van der Waals surface area contributed by atoms with Crippen molar-refractivity contribution in [1.29, 1.82) is 0 Å². The zero-order chi connectivity index (χ0) is 10.6. The number of halogens is 2. The number of terminal acetylenes is 1. The second kappa shape index (κ2) is 5.29. The maximum absolute atomic E-state index is 6.00. The average Bonchev–Trinajstić information content (AvgIpc) is 2.19. The number of benzene rings is 1. The highest BCUT2D eigenvalue weighted by Crippen LogP contribution is 2.26. The molecule has 1 rings (SSSR count). The van der Waals surface area contributed by atoms with E-state index in [-0.39, 0.29) is 6.04 Å². The van der Waals surface area contributed by atoms with Crippen LogP contribution in [0.15, 0.2) is 22.7 Å². The molecule has 1 aromatic rings. The normalized spacial score (nSPS) is 11.9.